The van der Waals surface area contributed by atoms with E-state index < -0.39 is 6.47 Å². The zero-order valence-corrected chi connectivity index (χ0v) is 13.1. The molecule has 0 aromatic heterocycles. The Morgan fingerprint density at radius 1 is 0.889 bits per heavy atom. The first-order valence-electron chi connectivity index (χ1n) is 5.42. The lowest BCUT2D eigenvalue weighted by molar-refractivity contribution is -0.870. The van der Waals surface area contributed by atoms with Gasteiger partial charge in [-0.2, -0.15) is 0 Å². The van der Waals surface area contributed by atoms with Gasteiger partial charge in [-0.3, -0.25) is 0 Å². The number of carboxylic acid groups (broad SMARTS) is 1. The molecule has 0 amide bonds. The molecule has 0 fully saturated rings. The molecule has 18 heavy (non-hydrogen) atoms. The van der Waals surface area contributed by atoms with Crippen LogP contribution in [0.15, 0.2) is 0 Å². The maximum absolute atomic E-state index is 8.39. The Labute approximate surface area is 117 Å². The number of hydrogen-bond acceptors (Lipinski definition) is 4. The lowest BCUT2D eigenvalue weighted by atomic mass is 10.5. The van der Waals surface area contributed by atoms with Crippen LogP contribution in [0.25, 0.3) is 0 Å². The van der Waals surface area contributed by atoms with E-state index in [0.717, 1.165) is 22.1 Å². The van der Waals surface area contributed by atoms with Gasteiger partial charge in [0.05, 0.1) is 55.5 Å². The van der Waals surface area contributed by atoms with Crippen molar-refractivity contribution in [2.45, 2.75) is 0 Å². The van der Waals surface area contributed by atoms with Crippen LogP contribution in [0.1, 0.15) is 0 Å². The molecule has 0 atom stereocenters. The summed E-state index contributed by atoms with van der Waals surface area (Å²) >= 11 is 0. The number of halogens is 1. The number of rotatable bonds is 4. The van der Waals surface area contributed by atoms with E-state index in [0.29, 0.717) is 0 Å². The van der Waals surface area contributed by atoms with Crippen molar-refractivity contribution in [1.29, 1.82) is 0 Å². The number of likely N-dealkylation sites (N-methyl/N-ethyl adjacent to an activating group) is 2. The maximum atomic E-state index is 8.39. The van der Waals surface area contributed by atoms with Gasteiger partial charge in [0.1, 0.15) is 13.1 Å². The number of hydrogen-bond donors (Lipinski definition) is 2. The second-order valence-corrected chi connectivity index (χ2v) is 5.57. The number of quaternary nitrogens is 2. The number of nitrogens with zero attached hydrogens (tertiary/aromatic N) is 2. The number of aliphatic hydroxyl groups is 2. The van der Waals surface area contributed by atoms with Crippen LogP contribution in [-0.2, 0) is 4.79 Å². The summed E-state index contributed by atoms with van der Waals surface area (Å²) in [5.41, 5.74) is 0. The third-order valence-corrected chi connectivity index (χ3v) is 1.54. The number of carbonyl (C=O) groups excluding carboxylic acids is 1. The summed E-state index contributed by atoms with van der Waals surface area (Å²) in [5.74, 6) is 0. The molecule has 0 heterocycles. The van der Waals surface area contributed by atoms with E-state index in [-0.39, 0.29) is 25.6 Å². The molecule has 0 aliphatic heterocycles. The molecule has 0 spiro atoms. The smallest absolute Gasteiger partial charge is 0.101 e. The summed E-state index contributed by atoms with van der Waals surface area (Å²) in [7, 11) is 12.3. The second-order valence-electron chi connectivity index (χ2n) is 5.57. The van der Waals surface area contributed by atoms with Crippen LogP contribution in [-0.4, -0.2) is 94.2 Å². The van der Waals surface area contributed by atoms with Crippen LogP contribution in [0.4, 0.5) is 0 Å². The molecule has 7 heteroatoms. The molecule has 0 aromatic rings. The topological polar surface area (TPSA) is 80.6 Å². The van der Waals surface area contributed by atoms with Gasteiger partial charge in [-0.1, -0.05) is 0 Å². The van der Waals surface area contributed by atoms with E-state index in [1.54, 1.807) is 0 Å². The predicted molar refractivity (Wildman–Crippen MR) is 66.0 cm³/mol. The van der Waals surface area contributed by atoms with Crippen LogP contribution in [0.5, 0.6) is 0 Å². The minimum Gasteiger partial charge on any atom is -1.00 e. The summed E-state index contributed by atoms with van der Waals surface area (Å²) in [5, 5.41) is 25.0. The molecule has 0 aliphatic carbocycles. The maximum Gasteiger partial charge on any atom is 0.101 e. The van der Waals surface area contributed by atoms with E-state index >= 15 is 0 Å². The lowest BCUT2D eigenvalue weighted by Crippen LogP contribution is -3.00. The first-order valence-corrected chi connectivity index (χ1v) is 5.42. The van der Waals surface area contributed by atoms with Crippen LogP contribution in [0.2, 0.25) is 0 Å². The third-order valence-electron chi connectivity index (χ3n) is 1.54. The second kappa shape index (κ2) is 14.7. The number of carbonyl (C=O) groups is 1. The Bertz CT molecular complexity index is 151. The molecule has 0 aliphatic rings. The average Bonchev–Trinajstić information content (AvgIpc) is 2.01. The molecule has 6 nitrogen and oxygen atoms in total. The summed E-state index contributed by atoms with van der Waals surface area (Å²) in [6.07, 6.45) is 0. The molecule has 0 bridgehead atoms. The van der Waals surface area contributed by atoms with Crippen molar-refractivity contribution in [2.24, 2.45) is 0 Å². The fourth-order valence-corrected chi connectivity index (χ4v) is 0.600. The molecule has 0 radical (unpaired) electrons. The highest BCUT2D eigenvalue weighted by Gasteiger charge is 2.02. The normalized spacial score (nSPS) is 10.0. The Balaban J connectivity index is -0.0000000857. The van der Waals surface area contributed by atoms with Crippen LogP contribution in [0, 0.1) is 0 Å². The van der Waals surface area contributed by atoms with E-state index in [1.165, 1.54) is 0 Å². The van der Waals surface area contributed by atoms with E-state index in [9.17, 15) is 0 Å². The fourth-order valence-electron chi connectivity index (χ4n) is 0.600. The highest BCUT2D eigenvalue weighted by Crippen LogP contribution is 1.85. The summed E-state index contributed by atoms with van der Waals surface area (Å²) in [4.78, 5) is 8.25. The molecule has 0 saturated heterocycles. The molecule has 0 rings (SSSR count). The Hall–Kier alpha value is -0.400. The largest absolute Gasteiger partial charge is 1.00 e. The van der Waals surface area contributed by atoms with Gasteiger partial charge in [-0.05, 0) is 0 Å². The van der Waals surface area contributed by atoms with Crippen LogP contribution >= 0.6 is 0 Å². The highest BCUT2D eigenvalue weighted by molar-refractivity contribution is 5.29. The van der Waals surface area contributed by atoms with Crippen LogP contribution < -0.4 is 17.5 Å². The van der Waals surface area contributed by atoms with Crippen molar-refractivity contribution in [3.63, 3.8) is 0 Å². The van der Waals surface area contributed by atoms with Gasteiger partial charge in [0.15, 0.2) is 0 Å². The van der Waals surface area contributed by atoms with E-state index in [1.807, 2.05) is 0 Å². The monoisotopic (exact) mass is 288 g/mol. The first kappa shape index (κ1) is 26.2. The summed E-state index contributed by atoms with van der Waals surface area (Å²) in [6.45, 7) is 1.73. The molecule has 2 N–H and O–H groups in total. The van der Waals surface area contributed by atoms with Gasteiger partial charge in [0, 0.05) is 6.47 Å². The highest BCUT2D eigenvalue weighted by atomic mass is 35.5. The van der Waals surface area contributed by atoms with Gasteiger partial charge in [-0.15, -0.1) is 0 Å². The van der Waals surface area contributed by atoms with Crippen molar-refractivity contribution in [3.8, 4) is 0 Å². The Kier molecular flexibility index (Phi) is 21.4. The minimum absolute atomic E-state index is 0. The Morgan fingerprint density at radius 2 is 1.06 bits per heavy atom. The lowest BCUT2D eigenvalue weighted by Gasteiger charge is -2.21. The van der Waals surface area contributed by atoms with Gasteiger partial charge in [-0.25, -0.2) is 0 Å². The molecular formula is C11H29ClN2O4. The Morgan fingerprint density at radius 3 is 1.06 bits per heavy atom. The van der Waals surface area contributed by atoms with Crippen LogP contribution in [0.3, 0.4) is 0 Å². The van der Waals surface area contributed by atoms with Gasteiger partial charge in [0.2, 0.25) is 0 Å². The minimum atomic E-state index is -0.500. The van der Waals surface area contributed by atoms with Crippen molar-refractivity contribution in [3.05, 3.63) is 0 Å². The average molecular weight is 289 g/mol. The van der Waals surface area contributed by atoms with Crippen molar-refractivity contribution in [1.82, 2.24) is 0 Å². The zero-order chi connectivity index (χ0) is 14.5. The molecule has 0 aromatic carbocycles. The summed E-state index contributed by atoms with van der Waals surface area (Å²) < 4.78 is 1.69. The first-order chi connectivity index (χ1) is 7.54. The molecule has 0 unspecified atom stereocenters. The third kappa shape index (κ3) is 57.6. The quantitative estimate of drug-likeness (QED) is 0.400. The standard InChI is InChI=1S/2C5H14NO.CH2O2.ClH/c2*1-6(2,3)4-5-7;2-1-3;/h2*7H,4-5H2,1-3H3;1H,(H,2,3);1H/q2*+1;;/p-2. The fraction of sp³-hybridized carbons (Fsp3) is 0.909. The zero-order valence-electron chi connectivity index (χ0n) is 12.4. The van der Waals surface area contributed by atoms with Crippen molar-refractivity contribution >= 4 is 6.47 Å². The summed E-state index contributed by atoms with van der Waals surface area (Å²) in [6, 6.07) is 0. The SMILES string of the molecule is C[N+](C)(C)CCO.C[N+](C)(C)CCO.O=C[O-].[Cl-]. The molecular weight excluding hydrogens is 260 g/mol. The number of aliphatic hydroxyl groups excluding tert-OH is 2. The van der Waals surface area contributed by atoms with E-state index in [2.05, 4.69) is 42.3 Å². The van der Waals surface area contributed by atoms with Gasteiger partial charge >= 0.3 is 0 Å². The molecule has 0 saturated carbocycles. The van der Waals surface area contributed by atoms with Crippen molar-refractivity contribution in [2.75, 3.05) is 68.6 Å². The van der Waals surface area contributed by atoms with Gasteiger partial charge in [0.25, 0.3) is 0 Å². The predicted octanol–water partition coefficient (Wildman–Crippen LogP) is -5.26. The van der Waals surface area contributed by atoms with E-state index in [4.69, 9.17) is 20.1 Å². The van der Waals surface area contributed by atoms with Crippen molar-refractivity contribution < 1.29 is 41.5 Å². The molecule has 114 valence electrons. The van der Waals surface area contributed by atoms with Gasteiger partial charge < -0.3 is 41.5 Å².